The number of aliphatic hydroxyl groups is 2. The van der Waals surface area contributed by atoms with E-state index in [-0.39, 0.29) is 12.5 Å². The van der Waals surface area contributed by atoms with Crippen molar-refractivity contribution < 1.29 is 19.7 Å². The zero-order valence-electron chi connectivity index (χ0n) is 10.7. The SMILES string of the molecule is NC(=O)[C@@H](OCn1cnc2c(N)nc(I)nc21)[C@H](O)CO. The largest absolute Gasteiger partial charge is 0.394 e. The van der Waals surface area contributed by atoms with E-state index in [4.69, 9.17) is 21.3 Å². The van der Waals surface area contributed by atoms with E-state index >= 15 is 0 Å². The summed E-state index contributed by atoms with van der Waals surface area (Å²) in [6.07, 6.45) is -1.34. The van der Waals surface area contributed by atoms with Gasteiger partial charge in [-0.1, -0.05) is 0 Å². The summed E-state index contributed by atoms with van der Waals surface area (Å²) in [5, 5.41) is 18.3. The van der Waals surface area contributed by atoms with E-state index < -0.39 is 24.7 Å². The number of ether oxygens (including phenoxy) is 1. The van der Waals surface area contributed by atoms with Crippen LogP contribution >= 0.6 is 22.6 Å². The van der Waals surface area contributed by atoms with E-state index in [1.54, 1.807) is 0 Å². The number of rotatable bonds is 6. The van der Waals surface area contributed by atoms with Crippen molar-refractivity contribution in [3.05, 3.63) is 10.2 Å². The van der Waals surface area contributed by atoms with Gasteiger partial charge in [0.05, 0.1) is 12.9 Å². The molecule has 0 aromatic carbocycles. The number of carbonyl (C=O) groups is 1. The number of aromatic nitrogens is 4. The number of halogens is 1. The molecule has 0 bridgehead atoms. The minimum Gasteiger partial charge on any atom is -0.394 e. The number of anilines is 1. The molecule has 1 amide bonds. The number of primary amides is 1. The number of nitrogens with two attached hydrogens (primary N) is 2. The summed E-state index contributed by atoms with van der Waals surface area (Å²) in [4.78, 5) is 23.4. The lowest BCUT2D eigenvalue weighted by Gasteiger charge is -2.18. The van der Waals surface area contributed by atoms with Crippen LogP contribution in [0.5, 0.6) is 0 Å². The molecular formula is C10H13IN6O4. The second-order valence-electron chi connectivity index (χ2n) is 4.13. The predicted octanol–water partition coefficient (Wildman–Crippen LogP) is -1.81. The molecule has 2 aromatic heterocycles. The van der Waals surface area contributed by atoms with Gasteiger partial charge in [0.25, 0.3) is 0 Å². The fourth-order valence-corrected chi connectivity index (χ4v) is 2.16. The maximum absolute atomic E-state index is 11.2. The molecule has 0 saturated carbocycles. The van der Waals surface area contributed by atoms with Crippen LogP contribution in [0.25, 0.3) is 11.2 Å². The molecule has 11 heteroatoms. The van der Waals surface area contributed by atoms with Crippen LogP contribution in [0.1, 0.15) is 0 Å². The van der Waals surface area contributed by atoms with Crippen LogP contribution < -0.4 is 11.5 Å². The highest BCUT2D eigenvalue weighted by atomic mass is 127. The first-order valence-corrected chi connectivity index (χ1v) is 6.85. The van der Waals surface area contributed by atoms with Crippen molar-refractivity contribution in [2.24, 2.45) is 5.73 Å². The standard InChI is InChI=1S/C10H13IN6O4/c11-10-15-7(12)5-9(16-10)17(2-14-5)3-21-6(8(13)20)4(19)1-18/h2,4,6,18-19H,1,3H2,(H2,13,20)(H2,12,15,16)/t4-,6+/m1/s1. The summed E-state index contributed by atoms with van der Waals surface area (Å²) < 4.78 is 7.14. The molecule has 10 nitrogen and oxygen atoms in total. The van der Waals surface area contributed by atoms with E-state index in [0.29, 0.717) is 15.0 Å². The predicted molar refractivity (Wildman–Crippen MR) is 79.6 cm³/mol. The van der Waals surface area contributed by atoms with Crippen molar-refractivity contribution in [3.63, 3.8) is 0 Å². The summed E-state index contributed by atoms with van der Waals surface area (Å²) in [5.74, 6) is -0.658. The molecule has 2 heterocycles. The van der Waals surface area contributed by atoms with Crippen LogP contribution in [0.15, 0.2) is 6.33 Å². The van der Waals surface area contributed by atoms with Crippen molar-refractivity contribution in [1.29, 1.82) is 0 Å². The van der Waals surface area contributed by atoms with Gasteiger partial charge in [0.15, 0.2) is 21.4 Å². The number of aliphatic hydroxyl groups excluding tert-OH is 2. The Morgan fingerprint density at radius 3 is 2.86 bits per heavy atom. The van der Waals surface area contributed by atoms with E-state index in [1.807, 2.05) is 22.6 Å². The molecule has 6 N–H and O–H groups in total. The Bertz CT molecular complexity index is 662. The quantitative estimate of drug-likeness (QED) is 0.321. The fraction of sp³-hybridized carbons (Fsp3) is 0.400. The highest BCUT2D eigenvalue weighted by Crippen LogP contribution is 2.17. The summed E-state index contributed by atoms with van der Waals surface area (Å²) in [7, 11) is 0. The topological polar surface area (TPSA) is 162 Å². The third-order valence-corrected chi connectivity index (χ3v) is 3.16. The third kappa shape index (κ3) is 3.37. The normalized spacial score (nSPS) is 14.2. The highest BCUT2D eigenvalue weighted by molar-refractivity contribution is 14.1. The van der Waals surface area contributed by atoms with Crippen LogP contribution in [0.4, 0.5) is 5.82 Å². The van der Waals surface area contributed by atoms with Crippen LogP contribution in [-0.2, 0) is 16.3 Å². The molecular weight excluding hydrogens is 395 g/mol. The summed E-state index contributed by atoms with van der Waals surface area (Å²) in [6, 6.07) is 0. The minimum absolute atomic E-state index is 0.145. The lowest BCUT2D eigenvalue weighted by atomic mass is 10.2. The molecule has 0 aliphatic carbocycles. The molecule has 0 spiro atoms. The second-order valence-corrected chi connectivity index (χ2v) is 5.10. The molecule has 21 heavy (non-hydrogen) atoms. The molecule has 0 unspecified atom stereocenters. The first-order chi connectivity index (χ1) is 9.93. The van der Waals surface area contributed by atoms with Crippen LogP contribution in [0, 0.1) is 3.83 Å². The van der Waals surface area contributed by atoms with Crippen molar-refractivity contribution in [1.82, 2.24) is 19.5 Å². The Morgan fingerprint density at radius 1 is 1.52 bits per heavy atom. The highest BCUT2D eigenvalue weighted by Gasteiger charge is 2.25. The molecule has 0 radical (unpaired) electrons. The van der Waals surface area contributed by atoms with Crippen molar-refractivity contribution in [2.45, 2.75) is 18.9 Å². The van der Waals surface area contributed by atoms with Gasteiger partial charge in [0, 0.05) is 22.6 Å². The lowest BCUT2D eigenvalue weighted by molar-refractivity contribution is -0.144. The first-order valence-electron chi connectivity index (χ1n) is 5.77. The fourth-order valence-electron chi connectivity index (χ4n) is 1.67. The Hall–Kier alpha value is -1.57. The zero-order valence-corrected chi connectivity index (χ0v) is 12.8. The number of nitrogens with zero attached hydrogens (tertiary/aromatic N) is 4. The number of amides is 1. The smallest absolute Gasteiger partial charge is 0.249 e. The molecule has 2 rings (SSSR count). The molecule has 0 fully saturated rings. The first kappa shape index (κ1) is 15.8. The Labute approximate surface area is 132 Å². The van der Waals surface area contributed by atoms with Crippen LogP contribution in [0.3, 0.4) is 0 Å². The minimum atomic E-state index is -1.41. The summed E-state index contributed by atoms with van der Waals surface area (Å²) in [6.45, 7) is -0.793. The second kappa shape index (κ2) is 6.46. The van der Waals surface area contributed by atoms with Crippen LogP contribution in [-0.4, -0.2) is 54.5 Å². The number of hydrogen-bond acceptors (Lipinski definition) is 8. The van der Waals surface area contributed by atoms with Gasteiger partial charge < -0.3 is 26.4 Å². The molecule has 0 saturated heterocycles. The summed E-state index contributed by atoms with van der Waals surface area (Å²) >= 11 is 1.91. The van der Waals surface area contributed by atoms with Gasteiger partial charge in [-0.05, 0) is 0 Å². The van der Waals surface area contributed by atoms with Crippen molar-refractivity contribution in [3.8, 4) is 0 Å². The number of nitrogen functional groups attached to an aromatic ring is 1. The molecule has 114 valence electrons. The van der Waals surface area contributed by atoms with Gasteiger partial charge in [-0.25, -0.2) is 15.0 Å². The van der Waals surface area contributed by atoms with Crippen molar-refractivity contribution >= 4 is 45.5 Å². The summed E-state index contributed by atoms with van der Waals surface area (Å²) in [5.41, 5.74) is 11.7. The van der Waals surface area contributed by atoms with Gasteiger partial charge >= 0.3 is 0 Å². The maximum Gasteiger partial charge on any atom is 0.249 e. The van der Waals surface area contributed by atoms with E-state index in [2.05, 4.69) is 15.0 Å². The zero-order chi connectivity index (χ0) is 15.6. The van der Waals surface area contributed by atoms with Crippen LogP contribution in [0.2, 0.25) is 0 Å². The van der Waals surface area contributed by atoms with E-state index in [0.717, 1.165) is 0 Å². The Balaban J connectivity index is 2.22. The Kier molecular flexibility index (Phi) is 4.87. The molecule has 2 atom stereocenters. The molecule has 0 aliphatic heterocycles. The maximum atomic E-state index is 11.2. The lowest BCUT2D eigenvalue weighted by Crippen LogP contribution is -2.43. The van der Waals surface area contributed by atoms with E-state index in [9.17, 15) is 9.90 Å². The number of imidazole rings is 1. The van der Waals surface area contributed by atoms with Gasteiger partial charge in [-0.3, -0.25) is 9.36 Å². The third-order valence-electron chi connectivity index (χ3n) is 2.67. The van der Waals surface area contributed by atoms with Gasteiger partial charge in [0.2, 0.25) is 5.91 Å². The molecule has 2 aromatic rings. The monoisotopic (exact) mass is 408 g/mol. The average molecular weight is 408 g/mol. The molecule has 0 aliphatic rings. The van der Waals surface area contributed by atoms with Gasteiger partial charge in [-0.15, -0.1) is 0 Å². The van der Waals surface area contributed by atoms with Gasteiger partial charge in [-0.2, -0.15) is 0 Å². The van der Waals surface area contributed by atoms with E-state index in [1.165, 1.54) is 10.9 Å². The van der Waals surface area contributed by atoms with Crippen molar-refractivity contribution in [2.75, 3.05) is 12.3 Å². The number of carbonyl (C=O) groups excluding carboxylic acids is 1. The number of hydrogen-bond donors (Lipinski definition) is 4. The average Bonchev–Trinajstić information content (AvgIpc) is 2.81. The van der Waals surface area contributed by atoms with Gasteiger partial charge in [0.1, 0.15) is 18.4 Å². The Morgan fingerprint density at radius 2 is 2.24 bits per heavy atom. The number of fused-ring (bicyclic) bond motifs is 1.